The smallest absolute Gasteiger partial charge is 0.508 e. The van der Waals surface area contributed by atoms with Crippen LogP contribution in [0, 0.1) is 6.67 Å². The molecular weight excluding hydrogens is 309 g/mol. The zero-order valence-corrected chi connectivity index (χ0v) is 8.51. The minimum Gasteiger partial charge on any atom is -0.508 e. The van der Waals surface area contributed by atoms with E-state index in [1.54, 1.807) is 0 Å². The minimum absolute atomic E-state index is 0. The van der Waals surface area contributed by atoms with E-state index in [1.807, 2.05) is 0 Å². The van der Waals surface area contributed by atoms with E-state index in [0.29, 0.717) is 0 Å². The van der Waals surface area contributed by atoms with Gasteiger partial charge in [-0.05, 0) is 25.5 Å². The normalized spacial score (nSPS) is 15.8. The molecule has 1 rings (SSSR count). The van der Waals surface area contributed by atoms with E-state index in [2.05, 4.69) is 42.7 Å². The molecule has 0 bridgehead atoms. The number of hydrogen-bond donors (Lipinski definition) is 0. The van der Waals surface area contributed by atoms with Gasteiger partial charge in [0, 0.05) is 0 Å². The zero-order valence-electron chi connectivity index (χ0n) is 6.34. The maximum Gasteiger partial charge on any atom is 1.00 e. The molecule has 2 nitrogen and oxygen atoms in total. The molecule has 0 aliphatic carbocycles. The molecule has 1 aliphatic heterocycles. The molecule has 1 heterocycles. The first-order valence-electron chi connectivity index (χ1n) is 3.41. The molecule has 0 aromatic carbocycles. The van der Waals surface area contributed by atoms with E-state index >= 15 is 0 Å². The second kappa shape index (κ2) is 4.83. The molecule has 0 radical (unpaired) electrons. The summed E-state index contributed by atoms with van der Waals surface area (Å²) >= 11 is 0. The van der Waals surface area contributed by atoms with E-state index in [9.17, 15) is 0 Å². The van der Waals surface area contributed by atoms with Crippen molar-refractivity contribution in [2.45, 2.75) is 13.8 Å². The molecule has 0 saturated heterocycles. The van der Waals surface area contributed by atoms with E-state index in [0.717, 1.165) is 13.1 Å². The van der Waals surface area contributed by atoms with Crippen molar-refractivity contribution in [3.63, 3.8) is 0 Å². The molecule has 0 atom stereocenters. The van der Waals surface area contributed by atoms with Crippen molar-refractivity contribution < 1.29 is 22.4 Å². The predicted octanol–water partition coefficient (Wildman–Crippen LogP) is 1.23. The van der Waals surface area contributed by atoms with Gasteiger partial charge in [0.15, 0.2) is 0 Å². The van der Waals surface area contributed by atoms with Gasteiger partial charge in [-0.3, -0.25) is 0 Å². The fourth-order valence-electron chi connectivity index (χ4n) is 0.813. The predicted molar refractivity (Wildman–Crippen MR) is 38.2 cm³/mol. The number of hydrogen-bond acceptors (Lipinski definition) is 2. The molecule has 3 heteroatoms. The fourth-order valence-corrected chi connectivity index (χ4v) is 0.813. The molecule has 0 fully saturated rings. The third kappa shape index (κ3) is 2.37. The Bertz CT molecular complexity index is 102. The zero-order chi connectivity index (χ0) is 6.69. The van der Waals surface area contributed by atoms with Crippen LogP contribution in [0.1, 0.15) is 13.8 Å². The van der Waals surface area contributed by atoms with Crippen molar-refractivity contribution >= 4 is 0 Å². The molecule has 0 N–H and O–H groups in total. The largest absolute Gasteiger partial charge is 1.00 e. The maximum atomic E-state index is 2.16. The second-order valence-electron chi connectivity index (χ2n) is 2.07. The Balaban J connectivity index is 0.000000810. The molecule has 0 amide bonds. The van der Waals surface area contributed by atoms with Crippen molar-refractivity contribution in [1.82, 2.24) is 9.80 Å². The molecule has 0 aromatic heterocycles. The fraction of sp³-hybridized carbons (Fsp3) is 0.571. The Morgan fingerprint density at radius 2 is 1.50 bits per heavy atom. The van der Waals surface area contributed by atoms with E-state index in [1.165, 1.54) is 0 Å². The van der Waals surface area contributed by atoms with Crippen LogP contribution in [0.3, 0.4) is 0 Å². The van der Waals surface area contributed by atoms with Crippen molar-refractivity contribution in [2.75, 3.05) is 13.1 Å². The standard InChI is InChI=1S/C7H13N2.Au/c1-3-8-5-6-9(4-2)7-8;/h5-7H,3-4H2,1-2H3;/q-1;+1. The van der Waals surface area contributed by atoms with Crippen LogP contribution in [0.4, 0.5) is 0 Å². The van der Waals surface area contributed by atoms with Gasteiger partial charge in [-0.25, -0.2) is 0 Å². The third-order valence-corrected chi connectivity index (χ3v) is 1.48. The summed E-state index contributed by atoms with van der Waals surface area (Å²) in [5, 5.41) is 0. The van der Waals surface area contributed by atoms with Crippen molar-refractivity contribution in [1.29, 1.82) is 0 Å². The molecule has 62 valence electrons. The van der Waals surface area contributed by atoms with Crippen LogP contribution in [0.2, 0.25) is 0 Å². The van der Waals surface area contributed by atoms with Crippen LogP contribution in [0.5, 0.6) is 0 Å². The topological polar surface area (TPSA) is 6.48 Å². The Kier molecular flexibility index (Phi) is 4.87. The summed E-state index contributed by atoms with van der Waals surface area (Å²) in [6.07, 6.45) is 4.17. The van der Waals surface area contributed by atoms with Gasteiger partial charge in [0.2, 0.25) is 0 Å². The maximum absolute atomic E-state index is 2.16. The van der Waals surface area contributed by atoms with Crippen LogP contribution in [0.25, 0.3) is 0 Å². The summed E-state index contributed by atoms with van der Waals surface area (Å²) in [6, 6.07) is 0. The summed E-state index contributed by atoms with van der Waals surface area (Å²) in [4.78, 5) is 4.31. The Labute approximate surface area is 78.4 Å². The van der Waals surface area contributed by atoms with Crippen LogP contribution >= 0.6 is 0 Å². The Morgan fingerprint density at radius 1 is 1.10 bits per heavy atom. The van der Waals surface area contributed by atoms with Gasteiger partial charge in [-0.1, -0.05) is 13.8 Å². The van der Waals surface area contributed by atoms with Gasteiger partial charge in [0.1, 0.15) is 0 Å². The number of rotatable bonds is 2. The van der Waals surface area contributed by atoms with E-state index < -0.39 is 0 Å². The average molecular weight is 322 g/mol. The van der Waals surface area contributed by atoms with Gasteiger partial charge in [-0.15, -0.1) is 0 Å². The van der Waals surface area contributed by atoms with Gasteiger partial charge in [-0.2, -0.15) is 6.67 Å². The third-order valence-electron chi connectivity index (χ3n) is 1.48. The van der Waals surface area contributed by atoms with Crippen molar-refractivity contribution in [3.05, 3.63) is 19.1 Å². The Hall–Kier alpha value is 0.0803. The molecule has 0 saturated carbocycles. The van der Waals surface area contributed by atoms with Gasteiger partial charge >= 0.3 is 22.4 Å². The monoisotopic (exact) mass is 322 g/mol. The minimum atomic E-state index is 0. The average Bonchev–Trinajstić information content (AvgIpc) is 2.34. The first-order valence-corrected chi connectivity index (χ1v) is 3.41. The van der Waals surface area contributed by atoms with E-state index in [4.69, 9.17) is 0 Å². The summed E-state index contributed by atoms with van der Waals surface area (Å²) < 4.78 is 0. The van der Waals surface area contributed by atoms with Crippen LogP contribution < -0.4 is 0 Å². The van der Waals surface area contributed by atoms with Crippen LogP contribution in [-0.2, 0) is 22.4 Å². The molecule has 10 heavy (non-hydrogen) atoms. The summed E-state index contributed by atoms with van der Waals surface area (Å²) in [5.74, 6) is 0. The first kappa shape index (κ1) is 10.1. The van der Waals surface area contributed by atoms with Crippen molar-refractivity contribution in [3.8, 4) is 0 Å². The molecule has 0 spiro atoms. The molecule has 0 aromatic rings. The number of nitrogens with zero attached hydrogens (tertiary/aromatic N) is 2. The van der Waals surface area contributed by atoms with Gasteiger partial charge in [0.05, 0.1) is 0 Å². The summed E-state index contributed by atoms with van der Waals surface area (Å²) in [6.45, 7) is 8.51. The molecule has 0 unspecified atom stereocenters. The molecular formula is C7H13AuN2. The van der Waals surface area contributed by atoms with Crippen molar-refractivity contribution in [2.24, 2.45) is 0 Å². The quantitative estimate of drug-likeness (QED) is 0.557. The van der Waals surface area contributed by atoms with Gasteiger partial charge < -0.3 is 9.80 Å². The van der Waals surface area contributed by atoms with E-state index in [-0.39, 0.29) is 22.4 Å². The van der Waals surface area contributed by atoms with Crippen LogP contribution in [-0.4, -0.2) is 22.9 Å². The van der Waals surface area contributed by atoms with Crippen LogP contribution in [0.15, 0.2) is 12.4 Å². The summed E-state index contributed by atoms with van der Waals surface area (Å²) in [5.41, 5.74) is 0. The van der Waals surface area contributed by atoms with Gasteiger partial charge in [0.25, 0.3) is 0 Å². The first-order chi connectivity index (χ1) is 4.36. The SMILES string of the molecule is CCN1C=CN(CC)[CH-]1.[Au+]. The molecule has 1 aliphatic rings. The Morgan fingerprint density at radius 3 is 1.70 bits per heavy atom. The second-order valence-corrected chi connectivity index (χ2v) is 2.07. The summed E-state index contributed by atoms with van der Waals surface area (Å²) in [7, 11) is 0.